The maximum atomic E-state index is 5.75. The van der Waals surface area contributed by atoms with E-state index in [-0.39, 0.29) is 6.04 Å². The van der Waals surface area contributed by atoms with E-state index in [9.17, 15) is 0 Å². The molecule has 12 heavy (non-hydrogen) atoms. The van der Waals surface area contributed by atoms with Gasteiger partial charge in [0.2, 0.25) is 0 Å². The lowest BCUT2D eigenvalue weighted by molar-refractivity contribution is 0.915. The van der Waals surface area contributed by atoms with Gasteiger partial charge in [-0.25, -0.2) is 0 Å². The van der Waals surface area contributed by atoms with E-state index in [4.69, 9.17) is 5.73 Å². The Kier molecular flexibility index (Phi) is 2.88. The van der Waals surface area contributed by atoms with Gasteiger partial charge in [0.1, 0.15) is 0 Å². The van der Waals surface area contributed by atoms with Crippen LogP contribution in [-0.2, 0) is 0 Å². The van der Waals surface area contributed by atoms with Crippen LogP contribution in [0.2, 0.25) is 0 Å². The van der Waals surface area contributed by atoms with Crippen LogP contribution in [0.1, 0.15) is 11.6 Å². The van der Waals surface area contributed by atoms with Gasteiger partial charge >= 0.3 is 0 Å². The monoisotopic (exact) mass is 162 g/mol. The zero-order valence-corrected chi connectivity index (χ0v) is 7.25. The summed E-state index contributed by atoms with van der Waals surface area (Å²) >= 11 is 0. The summed E-state index contributed by atoms with van der Waals surface area (Å²) in [6.45, 7) is 3.64. The molecule has 0 fully saturated rings. The molecule has 0 aromatic heterocycles. The first kappa shape index (κ1) is 8.81. The average Bonchev–Trinajstić information content (AvgIpc) is 2.17. The lowest BCUT2D eigenvalue weighted by Crippen LogP contribution is -2.05. The molecule has 3 N–H and O–H groups in total. The van der Waals surface area contributed by atoms with Crippen LogP contribution in [0.3, 0.4) is 0 Å². The SMILES string of the molecule is C=C[C@@H](N)c1ccc(NC)cc1. The molecule has 0 radical (unpaired) electrons. The summed E-state index contributed by atoms with van der Waals surface area (Å²) in [5.41, 5.74) is 7.93. The first-order chi connectivity index (χ1) is 5.77. The zero-order valence-electron chi connectivity index (χ0n) is 7.25. The number of hydrogen-bond donors (Lipinski definition) is 2. The van der Waals surface area contributed by atoms with Crippen molar-refractivity contribution in [2.75, 3.05) is 12.4 Å². The van der Waals surface area contributed by atoms with Crippen LogP contribution >= 0.6 is 0 Å². The molecule has 0 saturated heterocycles. The third kappa shape index (κ3) is 1.86. The number of benzene rings is 1. The second-order valence-corrected chi connectivity index (χ2v) is 2.63. The molecular weight excluding hydrogens is 148 g/mol. The van der Waals surface area contributed by atoms with E-state index < -0.39 is 0 Å². The van der Waals surface area contributed by atoms with E-state index in [1.807, 2.05) is 31.3 Å². The normalized spacial score (nSPS) is 12.2. The fourth-order valence-electron chi connectivity index (χ4n) is 1.01. The highest BCUT2D eigenvalue weighted by Crippen LogP contribution is 2.14. The Bertz CT molecular complexity index is 251. The number of anilines is 1. The van der Waals surface area contributed by atoms with Gasteiger partial charge < -0.3 is 11.1 Å². The van der Waals surface area contributed by atoms with Gasteiger partial charge in [0.05, 0.1) is 0 Å². The topological polar surface area (TPSA) is 38.0 Å². The molecule has 0 saturated carbocycles. The van der Waals surface area contributed by atoms with Crippen molar-refractivity contribution >= 4 is 5.69 Å². The molecule has 0 bridgehead atoms. The van der Waals surface area contributed by atoms with Crippen LogP contribution in [0.15, 0.2) is 36.9 Å². The number of nitrogens with one attached hydrogen (secondary N) is 1. The van der Waals surface area contributed by atoms with Crippen molar-refractivity contribution in [2.24, 2.45) is 5.73 Å². The molecule has 0 unspecified atom stereocenters. The molecule has 1 aromatic carbocycles. The number of hydrogen-bond acceptors (Lipinski definition) is 2. The van der Waals surface area contributed by atoms with Crippen molar-refractivity contribution in [1.82, 2.24) is 0 Å². The first-order valence-corrected chi connectivity index (χ1v) is 3.93. The van der Waals surface area contributed by atoms with Gasteiger partial charge in [-0.1, -0.05) is 18.2 Å². The molecule has 2 heteroatoms. The molecular formula is C10H14N2. The summed E-state index contributed by atoms with van der Waals surface area (Å²) in [5, 5.41) is 3.04. The lowest BCUT2D eigenvalue weighted by atomic mass is 10.1. The highest BCUT2D eigenvalue weighted by molar-refractivity contribution is 5.44. The Morgan fingerprint density at radius 3 is 2.42 bits per heavy atom. The maximum absolute atomic E-state index is 5.75. The van der Waals surface area contributed by atoms with Crippen LogP contribution in [0.25, 0.3) is 0 Å². The average molecular weight is 162 g/mol. The predicted octanol–water partition coefficient (Wildman–Crippen LogP) is 1.91. The molecule has 0 aliphatic rings. The number of rotatable bonds is 3. The van der Waals surface area contributed by atoms with E-state index in [1.54, 1.807) is 6.08 Å². The smallest absolute Gasteiger partial charge is 0.0478 e. The van der Waals surface area contributed by atoms with Crippen molar-refractivity contribution in [3.05, 3.63) is 42.5 Å². The van der Waals surface area contributed by atoms with Crippen LogP contribution in [-0.4, -0.2) is 7.05 Å². The minimum Gasteiger partial charge on any atom is -0.388 e. The maximum Gasteiger partial charge on any atom is 0.0478 e. The minimum atomic E-state index is -0.0593. The Morgan fingerprint density at radius 1 is 1.42 bits per heavy atom. The van der Waals surface area contributed by atoms with Gasteiger partial charge in [-0.3, -0.25) is 0 Å². The first-order valence-electron chi connectivity index (χ1n) is 3.93. The van der Waals surface area contributed by atoms with E-state index >= 15 is 0 Å². The molecule has 1 rings (SSSR count). The van der Waals surface area contributed by atoms with E-state index in [0.717, 1.165) is 11.3 Å². The van der Waals surface area contributed by atoms with E-state index in [2.05, 4.69) is 11.9 Å². The molecule has 2 nitrogen and oxygen atoms in total. The van der Waals surface area contributed by atoms with Gasteiger partial charge in [-0.15, -0.1) is 6.58 Å². The van der Waals surface area contributed by atoms with Crippen molar-refractivity contribution in [3.8, 4) is 0 Å². The van der Waals surface area contributed by atoms with Gasteiger partial charge in [-0.2, -0.15) is 0 Å². The largest absolute Gasteiger partial charge is 0.388 e. The van der Waals surface area contributed by atoms with Crippen molar-refractivity contribution in [2.45, 2.75) is 6.04 Å². The molecule has 64 valence electrons. The van der Waals surface area contributed by atoms with Crippen molar-refractivity contribution < 1.29 is 0 Å². The summed E-state index contributed by atoms with van der Waals surface area (Å²) in [7, 11) is 1.89. The molecule has 1 aromatic rings. The second-order valence-electron chi connectivity index (χ2n) is 2.63. The highest BCUT2D eigenvalue weighted by atomic mass is 14.8. The zero-order chi connectivity index (χ0) is 8.97. The summed E-state index contributed by atoms with van der Waals surface area (Å²) in [4.78, 5) is 0. The third-order valence-corrected chi connectivity index (χ3v) is 1.84. The highest BCUT2D eigenvalue weighted by Gasteiger charge is 1.98. The molecule has 0 spiro atoms. The van der Waals surface area contributed by atoms with Gasteiger partial charge in [0.15, 0.2) is 0 Å². The Labute approximate surface area is 73.1 Å². The molecule has 0 aliphatic heterocycles. The fraction of sp³-hybridized carbons (Fsp3) is 0.200. The van der Waals surface area contributed by atoms with Crippen LogP contribution in [0, 0.1) is 0 Å². The minimum absolute atomic E-state index is 0.0593. The van der Waals surface area contributed by atoms with Crippen molar-refractivity contribution in [3.63, 3.8) is 0 Å². The quantitative estimate of drug-likeness (QED) is 0.666. The summed E-state index contributed by atoms with van der Waals surface area (Å²) in [6, 6.07) is 7.93. The third-order valence-electron chi connectivity index (χ3n) is 1.84. The lowest BCUT2D eigenvalue weighted by Gasteiger charge is -2.07. The predicted molar refractivity (Wildman–Crippen MR) is 53.1 cm³/mol. The Morgan fingerprint density at radius 2 is 2.00 bits per heavy atom. The second kappa shape index (κ2) is 3.93. The summed E-state index contributed by atoms with van der Waals surface area (Å²) in [6.07, 6.45) is 1.73. The van der Waals surface area contributed by atoms with Gasteiger partial charge in [0.25, 0.3) is 0 Å². The van der Waals surface area contributed by atoms with Crippen LogP contribution in [0.4, 0.5) is 5.69 Å². The van der Waals surface area contributed by atoms with Crippen LogP contribution in [0.5, 0.6) is 0 Å². The molecule has 0 amide bonds. The fourth-order valence-corrected chi connectivity index (χ4v) is 1.01. The summed E-state index contributed by atoms with van der Waals surface area (Å²) in [5.74, 6) is 0. The van der Waals surface area contributed by atoms with Gasteiger partial charge in [0, 0.05) is 18.8 Å². The number of nitrogens with two attached hydrogens (primary N) is 1. The van der Waals surface area contributed by atoms with E-state index in [0.29, 0.717) is 0 Å². The van der Waals surface area contributed by atoms with Gasteiger partial charge in [-0.05, 0) is 17.7 Å². The molecule has 0 heterocycles. The van der Waals surface area contributed by atoms with Crippen molar-refractivity contribution in [1.29, 1.82) is 0 Å². The molecule has 1 atom stereocenters. The standard InChI is InChI=1S/C10H14N2/c1-3-10(11)8-4-6-9(12-2)7-5-8/h3-7,10,12H,1,11H2,2H3/t10-/m1/s1. The summed E-state index contributed by atoms with van der Waals surface area (Å²) < 4.78 is 0. The Balaban J connectivity index is 2.84. The molecule has 0 aliphatic carbocycles. The van der Waals surface area contributed by atoms with E-state index in [1.165, 1.54) is 0 Å². The Hall–Kier alpha value is -1.28. The van der Waals surface area contributed by atoms with Crippen LogP contribution < -0.4 is 11.1 Å².